The number of aliphatic hydroxyl groups excluding tert-OH is 1. The maximum atomic E-state index is 9.84. The Kier molecular flexibility index (Phi) is 2.75. The Morgan fingerprint density at radius 2 is 2.00 bits per heavy atom. The van der Waals surface area contributed by atoms with E-state index in [1.807, 2.05) is 0 Å². The van der Waals surface area contributed by atoms with E-state index in [4.69, 9.17) is 9.66 Å². The Bertz CT molecular complexity index is 180. The molecular weight excluding hydrogens is 148 g/mol. The van der Waals surface area contributed by atoms with Crippen molar-refractivity contribution >= 4 is 16.4 Å². The minimum absolute atomic E-state index is 0.0355. The van der Waals surface area contributed by atoms with Gasteiger partial charge in [0.2, 0.25) is 0 Å². The molecule has 0 fully saturated rings. The molecule has 0 aliphatic heterocycles. The number of carbonyl (C=O) groups excluding carboxylic acids is 1. The molecule has 0 aromatic rings. The topological polar surface area (TPSA) is 91.7 Å². The second-order valence-corrected chi connectivity index (χ2v) is 2.95. The maximum absolute atomic E-state index is 9.84. The van der Waals surface area contributed by atoms with E-state index in [-0.39, 0.29) is 6.29 Å². The quantitative estimate of drug-likeness (QED) is 0.378. The van der Waals surface area contributed by atoms with Gasteiger partial charge in [0.15, 0.2) is 0 Å². The van der Waals surface area contributed by atoms with Crippen LogP contribution in [0.3, 0.4) is 0 Å². The Morgan fingerprint density at radius 1 is 1.56 bits per heavy atom. The molecule has 1 atom stereocenters. The van der Waals surface area contributed by atoms with Crippen LogP contribution in [0.15, 0.2) is 0 Å². The van der Waals surface area contributed by atoms with Gasteiger partial charge in [-0.15, -0.1) is 0 Å². The molecule has 0 radical (unpaired) electrons. The van der Waals surface area contributed by atoms with Gasteiger partial charge in [0.05, 0.1) is 0 Å². The summed E-state index contributed by atoms with van der Waals surface area (Å²) in [6.45, 7) is 0. The minimum Gasteiger partial charge on any atom is -0.384 e. The summed E-state index contributed by atoms with van der Waals surface area (Å²) in [5.41, 5.74) is 0. The molecule has 0 aliphatic carbocycles. The Hall–Kier alpha value is -0.460. The average Bonchev–Trinajstić information content (AvgIpc) is 1.62. The van der Waals surface area contributed by atoms with E-state index in [2.05, 4.69) is 0 Å². The molecule has 0 rings (SSSR count). The SMILES string of the molecule is O=C[C@@H](O)CS(=O)(=O)O. The van der Waals surface area contributed by atoms with Crippen molar-refractivity contribution in [2.45, 2.75) is 6.10 Å². The summed E-state index contributed by atoms with van der Waals surface area (Å²) in [5.74, 6) is -0.934. The van der Waals surface area contributed by atoms with E-state index >= 15 is 0 Å². The van der Waals surface area contributed by atoms with Gasteiger partial charge in [-0.05, 0) is 0 Å². The molecular formula is C3H6O5S. The fourth-order valence-electron chi connectivity index (χ4n) is 0.255. The van der Waals surface area contributed by atoms with Gasteiger partial charge in [-0.2, -0.15) is 8.42 Å². The third kappa shape index (κ3) is 5.41. The van der Waals surface area contributed by atoms with Crippen LogP contribution in [0, 0.1) is 0 Å². The van der Waals surface area contributed by atoms with Crippen molar-refractivity contribution in [3.63, 3.8) is 0 Å². The molecule has 9 heavy (non-hydrogen) atoms. The van der Waals surface area contributed by atoms with Gasteiger partial charge >= 0.3 is 0 Å². The van der Waals surface area contributed by atoms with Gasteiger partial charge in [0, 0.05) is 0 Å². The third-order valence-electron chi connectivity index (χ3n) is 0.538. The standard InChI is InChI=1S/C3H6O5S/c4-1-3(5)2-9(6,7)8/h1,3,5H,2H2,(H,6,7,8)/t3-/m1/s1. The fourth-order valence-corrected chi connectivity index (χ4v) is 0.765. The molecule has 0 spiro atoms. The molecule has 0 aliphatic rings. The molecule has 0 amide bonds. The van der Waals surface area contributed by atoms with Crippen LogP contribution >= 0.6 is 0 Å². The Labute approximate surface area is 52.1 Å². The molecule has 0 aromatic carbocycles. The minimum atomic E-state index is -4.22. The zero-order chi connectivity index (χ0) is 7.49. The van der Waals surface area contributed by atoms with Crippen LogP contribution in [0.2, 0.25) is 0 Å². The van der Waals surface area contributed by atoms with Crippen LogP contribution < -0.4 is 0 Å². The zero-order valence-electron chi connectivity index (χ0n) is 4.39. The van der Waals surface area contributed by atoms with Crippen LogP contribution in [0.4, 0.5) is 0 Å². The lowest BCUT2D eigenvalue weighted by molar-refractivity contribution is -0.113. The van der Waals surface area contributed by atoms with E-state index in [1.165, 1.54) is 0 Å². The molecule has 5 nitrogen and oxygen atoms in total. The summed E-state index contributed by atoms with van der Waals surface area (Å²) in [5, 5.41) is 8.29. The normalized spacial score (nSPS) is 14.9. The van der Waals surface area contributed by atoms with Gasteiger partial charge in [-0.3, -0.25) is 4.55 Å². The molecule has 0 unspecified atom stereocenters. The molecule has 54 valence electrons. The van der Waals surface area contributed by atoms with Crippen molar-refractivity contribution < 1.29 is 22.9 Å². The van der Waals surface area contributed by atoms with E-state index in [9.17, 15) is 13.2 Å². The second-order valence-electron chi connectivity index (χ2n) is 1.45. The molecule has 0 aromatic heterocycles. The first-order chi connectivity index (χ1) is 3.95. The lowest BCUT2D eigenvalue weighted by Crippen LogP contribution is -2.20. The maximum Gasteiger partial charge on any atom is 0.267 e. The molecule has 0 saturated heterocycles. The van der Waals surface area contributed by atoms with Gasteiger partial charge < -0.3 is 9.90 Å². The highest BCUT2D eigenvalue weighted by Gasteiger charge is 2.11. The first-order valence-electron chi connectivity index (χ1n) is 2.04. The summed E-state index contributed by atoms with van der Waals surface area (Å²) in [6, 6.07) is 0. The highest BCUT2D eigenvalue weighted by Crippen LogP contribution is 1.85. The number of aliphatic hydroxyl groups is 1. The van der Waals surface area contributed by atoms with Crippen LogP contribution in [0.1, 0.15) is 0 Å². The molecule has 0 heterocycles. The smallest absolute Gasteiger partial charge is 0.267 e. The van der Waals surface area contributed by atoms with Crippen molar-refractivity contribution in [1.82, 2.24) is 0 Å². The lowest BCUT2D eigenvalue weighted by atomic mass is 10.5. The highest BCUT2D eigenvalue weighted by molar-refractivity contribution is 7.85. The van der Waals surface area contributed by atoms with Crippen LogP contribution in [0.25, 0.3) is 0 Å². The predicted octanol–water partition coefficient (Wildman–Crippen LogP) is -1.57. The monoisotopic (exact) mass is 154 g/mol. The summed E-state index contributed by atoms with van der Waals surface area (Å²) in [6.07, 6.45) is -1.59. The first-order valence-corrected chi connectivity index (χ1v) is 3.65. The van der Waals surface area contributed by atoms with Crippen molar-refractivity contribution in [2.24, 2.45) is 0 Å². The number of rotatable bonds is 3. The molecule has 6 heteroatoms. The van der Waals surface area contributed by atoms with Crippen molar-refractivity contribution in [3.8, 4) is 0 Å². The zero-order valence-corrected chi connectivity index (χ0v) is 5.21. The average molecular weight is 154 g/mol. The summed E-state index contributed by atoms with van der Waals surface area (Å²) < 4.78 is 27.6. The van der Waals surface area contributed by atoms with E-state index in [0.29, 0.717) is 0 Å². The summed E-state index contributed by atoms with van der Waals surface area (Å²) in [4.78, 5) is 9.56. The van der Waals surface area contributed by atoms with Crippen LogP contribution in [-0.4, -0.2) is 36.2 Å². The van der Waals surface area contributed by atoms with Crippen LogP contribution in [-0.2, 0) is 14.9 Å². The largest absolute Gasteiger partial charge is 0.384 e. The van der Waals surface area contributed by atoms with Crippen molar-refractivity contribution in [1.29, 1.82) is 0 Å². The van der Waals surface area contributed by atoms with Gasteiger partial charge in [-0.1, -0.05) is 0 Å². The molecule has 2 N–H and O–H groups in total. The molecule has 0 bridgehead atoms. The summed E-state index contributed by atoms with van der Waals surface area (Å²) >= 11 is 0. The van der Waals surface area contributed by atoms with Crippen molar-refractivity contribution in [2.75, 3.05) is 5.75 Å². The lowest BCUT2D eigenvalue weighted by Gasteiger charge is -1.96. The van der Waals surface area contributed by atoms with Gasteiger partial charge in [-0.25, -0.2) is 0 Å². The number of aldehydes is 1. The second kappa shape index (κ2) is 2.90. The summed E-state index contributed by atoms with van der Waals surface area (Å²) in [7, 11) is -4.22. The van der Waals surface area contributed by atoms with Gasteiger partial charge in [0.1, 0.15) is 18.1 Å². The highest BCUT2D eigenvalue weighted by atomic mass is 32.2. The fraction of sp³-hybridized carbons (Fsp3) is 0.667. The number of carbonyl (C=O) groups is 1. The third-order valence-corrected chi connectivity index (χ3v) is 1.30. The Morgan fingerprint density at radius 3 is 2.11 bits per heavy atom. The van der Waals surface area contributed by atoms with Gasteiger partial charge in [0.25, 0.3) is 10.1 Å². The first kappa shape index (κ1) is 8.54. The Balaban J connectivity index is 3.89. The molecule has 0 saturated carbocycles. The number of hydrogen-bond donors (Lipinski definition) is 2. The predicted molar refractivity (Wildman–Crippen MR) is 28.5 cm³/mol. The van der Waals surface area contributed by atoms with E-state index in [1.54, 1.807) is 0 Å². The van der Waals surface area contributed by atoms with E-state index < -0.39 is 22.0 Å². The number of hydrogen-bond acceptors (Lipinski definition) is 4. The van der Waals surface area contributed by atoms with Crippen molar-refractivity contribution in [3.05, 3.63) is 0 Å². The van der Waals surface area contributed by atoms with Crippen LogP contribution in [0.5, 0.6) is 0 Å². The van der Waals surface area contributed by atoms with E-state index in [0.717, 1.165) is 0 Å².